The summed E-state index contributed by atoms with van der Waals surface area (Å²) >= 11 is 0. The highest BCUT2D eigenvalue weighted by Crippen LogP contribution is 2.20. The molecule has 0 aromatic carbocycles. The Bertz CT molecular complexity index is 932. The van der Waals surface area contributed by atoms with Crippen LogP contribution in [0.1, 0.15) is 38.3 Å². The van der Waals surface area contributed by atoms with Crippen LogP contribution in [-0.4, -0.2) is 98.1 Å². The Hall–Kier alpha value is -3.72. The van der Waals surface area contributed by atoms with Crippen LogP contribution < -0.4 is 27.8 Å². The van der Waals surface area contributed by atoms with E-state index in [2.05, 4.69) is 25.6 Å². The smallest absolute Gasteiger partial charge is 0.326 e. The summed E-state index contributed by atoms with van der Waals surface area (Å²) in [5, 5.41) is 24.6. The van der Waals surface area contributed by atoms with Crippen LogP contribution >= 0.6 is 0 Å². The van der Waals surface area contributed by atoms with Crippen molar-refractivity contribution in [3.8, 4) is 0 Å². The maximum absolute atomic E-state index is 13.2. The highest BCUT2D eigenvalue weighted by Gasteiger charge is 2.38. The van der Waals surface area contributed by atoms with E-state index in [1.54, 1.807) is 0 Å². The zero-order valence-corrected chi connectivity index (χ0v) is 20.1. The summed E-state index contributed by atoms with van der Waals surface area (Å²) in [5.41, 5.74) is 17.2. The summed E-state index contributed by atoms with van der Waals surface area (Å²) in [6, 6.07) is -4.56. The van der Waals surface area contributed by atoms with Gasteiger partial charge in [0.15, 0.2) is 5.96 Å². The Morgan fingerprint density at radius 2 is 2.00 bits per heavy atom. The van der Waals surface area contributed by atoms with E-state index in [1.165, 1.54) is 24.3 Å². The predicted molar refractivity (Wildman–Crippen MR) is 128 cm³/mol. The van der Waals surface area contributed by atoms with E-state index in [-0.39, 0.29) is 31.9 Å². The third-order valence-corrected chi connectivity index (χ3v) is 5.77. The van der Waals surface area contributed by atoms with Crippen LogP contribution in [0, 0.1) is 0 Å². The first-order chi connectivity index (χ1) is 17.0. The zero-order chi connectivity index (χ0) is 26.8. The number of aromatic amines is 1. The van der Waals surface area contributed by atoms with Gasteiger partial charge in [0, 0.05) is 31.4 Å². The summed E-state index contributed by atoms with van der Waals surface area (Å²) in [5.74, 6) is -3.35. The number of aliphatic hydroxyl groups excluding tert-OH is 1. The third-order valence-electron chi connectivity index (χ3n) is 5.77. The second-order valence-corrected chi connectivity index (χ2v) is 8.65. The molecule has 1 fully saturated rings. The number of imidazole rings is 1. The van der Waals surface area contributed by atoms with E-state index >= 15 is 0 Å². The average Bonchev–Trinajstić information content (AvgIpc) is 3.50. The molecule has 5 unspecified atom stereocenters. The second-order valence-electron chi connectivity index (χ2n) is 8.65. The van der Waals surface area contributed by atoms with Crippen LogP contribution in [0.2, 0.25) is 0 Å². The summed E-state index contributed by atoms with van der Waals surface area (Å²) in [6.45, 7) is 1.72. The number of hydrogen-bond acceptors (Lipinski definition) is 8. The van der Waals surface area contributed by atoms with Gasteiger partial charge in [-0.2, -0.15) is 0 Å². The number of aromatic nitrogens is 2. The summed E-state index contributed by atoms with van der Waals surface area (Å²) in [7, 11) is 0. The molecule has 2 heterocycles. The van der Waals surface area contributed by atoms with Gasteiger partial charge >= 0.3 is 5.97 Å². The molecule has 15 nitrogen and oxygen atoms in total. The van der Waals surface area contributed by atoms with E-state index in [4.69, 9.17) is 17.2 Å². The van der Waals surface area contributed by atoms with Gasteiger partial charge in [0.25, 0.3) is 0 Å². The molecule has 1 aliphatic heterocycles. The molecule has 11 N–H and O–H groups in total. The van der Waals surface area contributed by atoms with Crippen molar-refractivity contribution in [2.24, 2.45) is 22.2 Å². The Balaban J connectivity index is 2.12. The Morgan fingerprint density at radius 3 is 2.58 bits per heavy atom. The monoisotopic (exact) mass is 509 g/mol. The molecule has 2 rings (SSSR count). The van der Waals surface area contributed by atoms with Gasteiger partial charge in [-0.15, -0.1) is 0 Å². The van der Waals surface area contributed by atoms with Gasteiger partial charge in [0.05, 0.1) is 18.5 Å². The summed E-state index contributed by atoms with van der Waals surface area (Å²) in [4.78, 5) is 62.1. The van der Waals surface area contributed by atoms with Crippen molar-refractivity contribution in [2.45, 2.75) is 69.3 Å². The predicted octanol–water partition coefficient (Wildman–Crippen LogP) is -3.24. The number of likely N-dealkylation sites (tertiary alicyclic amines) is 1. The number of carbonyl (C=O) groups excluding carboxylic acids is 3. The summed E-state index contributed by atoms with van der Waals surface area (Å²) < 4.78 is 0. The van der Waals surface area contributed by atoms with Crippen LogP contribution in [0.15, 0.2) is 17.5 Å². The molecule has 36 heavy (non-hydrogen) atoms. The van der Waals surface area contributed by atoms with Crippen LogP contribution in [0.25, 0.3) is 0 Å². The van der Waals surface area contributed by atoms with Crippen molar-refractivity contribution in [3.63, 3.8) is 0 Å². The fraction of sp³-hybridized carbons (Fsp3) is 0.619. The van der Waals surface area contributed by atoms with Crippen molar-refractivity contribution in [3.05, 3.63) is 18.2 Å². The molecule has 0 bridgehead atoms. The van der Waals surface area contributed by atoms with Gasteiger partial charge in [0.1, 0.15) is 18.1 Å². The lowest BCUT2D eigenvalue weighted by atomic mass is 10.1. The van der Waals surface area contributed by atoms with Crippen LogP contribution in [0.5, 0.6) is 0 Å². The van der Waals surface area contributed by atoms with E-state index in [0.717, 1.165) is 0 Å². The largest absolute Gasteiger partial charge is 0.480 e. The maximum Gasteiger partial charge on any atom is 0.326 e. The number of nitrogens with two attached hydrogens (primary N) is 3. The molecule has 5 atom stereocenters. The van der Waals surface area contributed by atoms with Crippen molar-refractivity contribution < 1.29 is 29.4 Å². The SMILES string of the molecule is CC(O)C(NC(=O)C(N)Cc1cnc[nH]1)C(=O)NC(CCCN=C(N)N)C(=O)N1CCCC1C(=O)O. The minimum atomic E-state index is -1.41. The van der Waals surface area contributed by atoms with Gasteiger partial charge in [-0.3, -0.25) is 19.4 Å². The molecule has 1 saturated heterocycles. The molecule has 200 valence electrons. The normalized spacial score (nSPS) is 18.5. The highest BCUT2D eigenvalue weighted by atomic mass is 16.4. The van der Waals surface area contributed by atoms with Crippen LogP contribution in [0.3, 0.4) is 0 Å². The molecule has 0 aliphatic carbocycles. The number of aliphatic carboxylic acids is 1. The van der Waals surface area contributed by atoms with Gasteiger partial charge in [-0.1, -0.05) is 0 Å². The van der Waals surface area contributed by atoms with Crippen molar-refractivity contribution in [1.29, 1.82) is 0 Å². The van der Waals surface area contributed by atoms with Crippen LogP contribution in [-0.2, 0) is 25.6 Å². The molecular formula is C21H35N9O6. The lowest BCUT2D eigenvalue weighted by Gasteiger charge is -2.29. The number of carboxylic acids is 1. The molecule has 1 aromatic heterocycles. The van der Waals surface area contributed by atoms with E-state index in [1.807, 2.05) is 0 Å². The fourth-order valence-electron chi connectivity index (χ4n) is 3.90. The summed E-state index contributed by atoms with van der Waals surface area (Å²) in [6.07, 6.45) is 2.97. The topological polar surface area (TPSA) is 255 Å². The van der Waals surface area contributed by atoms with Gasteiger partial charge < -0.3 is 47.9 Å². The Kier molecular flexibility index (Phi) is 10.6. The third kappa shape index (κ3) is 8.20. The lowest BCUT2D eigenvalue weighted by Crippen LogP contribution is -2.60. The Morgan fingerprint density at radius 1 is 1.28 bits per heavy atom. The number of nitrogens with zero attached hydrogens (tertiary/aromatic N) is 3. The number of hydrogen-bond donors (Lipinski definition) is 8. The quantitative estimate of drug-likeness (QED) is 0.0748. The zero-order valence-electron chi connectivity index (χ0n) is 20.1. The van der Waals surface area contributed by atoms with Crippen LogP contribution in [0.4, 0.5) is 0 Å². The molecular weight excluding hydrogens is 474 g/mol. The molecule has 3 amide bonds. The van der Waals surface area contributed by atoms with E-state index in [9.17, 15) is 29.4 Å². The van der Waals surface area contributed by atoms with E-state index in [0.29, 0.717) is 25.0 Å². The molecule has 1 aromatic rings. The molecule has 1 aliphatic rings. The van der Waals surface area contributed by atoms with Crippen molar-refractivity contribution in [2.75, 3.05) is 13.1 Å². The minimum absolute atomic E-state index is 0.101. The fourth-order valence-corrected chi connectivity index (χ4v) is 3.90. The maximum atomic E-state index is 13.2. The molecule has 15 heteroatoms. The average molecular weight is 510 g/mol. The van der Waals surface area contributed by atoms with E-state index < -0.39 is 54.0 Å². The molecule has 0 saturated carbocycles. The first kappa shape index (κ1) is 28.5. The number of H-pyrrole nitrogens is 1. The molecule has 0 radical (unpaired) electrons. The van der Waals surface area contributed by atoms with Gasteiger partial charge in [0.2, 0.25) is 17.7 Å². The number of aliphatic hydroxyl groups is 1. The van der Waals surface area contributed by atoms with Crippen molar-refractivity contribution >= 4 is 29.7 Å². The first-order valence-electron chi connectivity index (χ1n) is 11.6. The van der Waals surface area contributed by atoms with Gasteiger partial charge in [-0.05, 0) is 32.6 Å². The highest BCUT2D eigenvalue weighted by molar-refractivity contribution is 5.94. The number of amides is 3. The number of carboxylic acid groups (broad SMARTS) is 1. The van der Waals surface area contributed by atoms with Gasteiger partial charge in [-0.25, -0.2) is 9.78 Å². The number of nitrogens with one attached hydrogen (secondary N) is 3. The first-order valence-corrected chi connectivity index (χ1v) is 11.6. The molecule has 0 spiro atoms. The number of aliphatic imine (C=N–C) groups is 1. The minimum Gasteiger partial charge on any atom is -0.480 e. The van der Waals surface area contributed by atoms with Crippen molar-refractivity contribution in [1.82, 2.24) is 25.5 Å². The second kappa shape index (κ2) is 13.4. The lowest BCUT2D eigenvalue weighted by molar-refractivity contribution is -0.149. The Labute approximate surface area is 207 Å². The number of carbonyl (C=O) groups is 4. The standard InChI is InChI=1S/C21H35N9O6/c1-11(31)16(29-17(32)13(22)8-12-9-25-10-27-12)18(33)28-14(4-2-6-26-21(23)24)19(34)30-7-3-5-15(30)20(35)36/h9-11,13-16,31H,2-8,22H2,1H3,(H,25,27)(H,28,33)(H,29,32)(H,35,36)(H4,23,24,26). The number of guanidine groups is 1. The number of rotatable bonds is 13.